The van der Waals surface area contributed by atoms with Gasteiger partial charge in [0.05, 0.1) is 18.0 Å². The molecular weight excluding hydrogens is 355 g/mol. The van der Waals surface area contributed by atoms with Gasteiger partial charge in [-0.2, -0.15) is 13.2 Å². The van der Waals surface area contributed by atoms with Crippen molar-refractivity contribution in [1.29, 1.82) is 0 Å². The molecule has 0 N–H and O–H groups in total. The standard InChI is InChI=1S/C20H24F3N3O/c1-2-12-27-19(16-4-3-9-24-13-16)15-7-10-26(11-8-15)17-5-6-18(25-14-17)20(21,22)23/h3-6,9,13-15,19H,2,7-8,10-12H2,1H3. The molecular formula is C20H24F3N3O. The molecule has 2 aromatic rings. The minimum atomic E-state index is -4.40. The van der Waals surface area contributed by atoms with E-state index in [1.807, 2.05) is 18.3 Å². The molecule has 146 valence electrons. The molecule has 0 saturated carbocycles. The van der Waals surface area contributed by atoms with Gasteiger partial charge in [0, 0.05) is 32.1 Å². The number of nitrogens with zero attached hydrogens (tertiary/aromatic N) is 3. The molecule has 27 heavy (non-hydrogen) atoms. The van der Waals surface area contributed by atoms with Crippen LogP contribution in [0.1, 0.15) is 43.5 Å². The molecule has 0 spiro atoms. The number of piperidine rings is 1. The Hall–Kier alpha value is -2.15. The lowest BCUT2D eigenvalue weighted by molar-refractivity contribution is -0.141. The van der Waals surface area contributed by atoms with Gasteiger partial charge in [-0.15, -0.1) is 0 Å². The van der Waals surface area contributed by atoms with Gasteiger partial charge >= 0.3 is 6.18 Å². The molecule has 1 fully saturated rings. The summed E-state index contributed by atoms with van der Waals surface area (Å²) in [6, 6.07) is 6.51. The summed E-state index contributed by atoms with van der Waals surface area (Å²) in [4.78, 5) is 9.86. The molecule has 3 heterocycles. The summed E-state index contributed by atoms with van der Waals surface area (Å²) < 4.78 is 44.1. The number of aromatic nitrogens is 2. The normalized spacial score (nSPS) is 17.1. The third kappa shape index (κ3) is 4.97. The van der Waals surface area contributed by atoms with Crippen LogP contribution in [0.4, 0.5) is 18.9 Å². The van der Waals surface area contributed by atoms with Crippen molar-refractivity contribution in [2.75, 3.05) is 24.6 Å². The van der Waals surface area contributed by atoms with Crippen LogP contribution in [0.5, 0.6) is 0 Å². The van der Waals surface area contributed by atoms with Crippen molar-refractivity contribution in [3.8, 4) is 0 Å². The van der Waals surface area contributed by atoms with Crippen molar-refractivity contribution in [1.82, 2.24) is 9.97 Å². The Kier molecular flexibility index (Phi) is 6.31. The zero-order valence-electron chi connectivity index (χ0n) is 15.3. The van der Waals surface area contributed by atoms with E-state index in [1.165, 1.54) is 12.3 Å². The van der Waals surface area contributed by atoms with Crippen LogP contribution < -0.4 is 4.90 Å². The highest BCUT2D eigenvalue weighted by Crippen LogP contribution is 2.35. The maximum atomic E-state index is 12.7. The van der Waals surface area contributed by atoms with Crippen molar-refractivity contribution in [3.05, 3.63) is 54.1 Å². The average molecular weight is 379 g/mol. The van der Waals surface area contributed by atoms with Gasteiger partial charge in [0.25, 0.3) is 0 Å². The predicted octanol–water partition coefficient (Wildman–Crippen LogP) is 4.88. The number of hydrogen-bond donors (Lipinski definition) is 0. The molecule has 1 aliphatic rings. The van der Waals surface area contributed by atoms with E-state index in [1.54, 1.807) is 6.20 Å². The number of pyridine rings is 2. The summed E-state index contributed by atoms with van der Waals surface area (Å²) in [5.41, 5.74) is 0.959. The molecule has 4 nitrogen and oxygen atoms in total. The van der Waals surface area contributed by atoms with Crippen molar-refractivity contribution in [3.63, 3.8) is 0 Å². The van der Waals surface area contributed by atoms with Gasteiger partial charge in [0.2, 0.25) is 0 Å². The minimum absolute atomic E-state index is 0.00605. The summed E-state index contributed by atoms with van der Waals surface area (Å²) in [6.07, 6.45) is 3.29. The fourth-order valence-corrected chi connectivity index (χ4v) is 3.49. The topological polar surface area (TPSA) is 38.2 Å². The number of rotatable bonds is 6. The van der Waals surface area contributed by atoms with Crippen molar-refractivity contribution < 1.29 is 17.9 Å². The van der Waals surface area contributed by atoms with Gasteiger partial charge in [0.15, 0.2) is 0 Å². The third-order valence-corrected chi connectivity index (χ3v) is 4.89. The van der Waals surface area contributed by atoms with E-state index in [0.717, 1.165) is 49.7 Å². The van der Waals surface area contributed by atoms with Gasteiger partial charge in [0.1, 0.15) is 5.69 Å². The fourth-order valence-electron chi connectivity index (χ4n) is 3.49. The first kappa shape index (κ1) is 19.6. The maximum Gasteiger partial charge on any atom is 0.433 e. The second-order valence-electron chi connectivity index (χ2n) is 6.80. The number of halogens is 3. The number of hydrogen-bond acceptors (Lipinski definition) is 4. The first-order chi connectivity index (χ1) is 13.0. The van der Waals surface area contributed by atoms with E-state index in [4.69, 9.17) is 4.74 Å². The van der Waals surface area contributed by atoms with Crippen molar-refractivity contribution in [2.45, 2.75) is 38.5 Å². The first-order valence-electron chi connectivity index (χ1n) is 9.28. The summed E-state index contributed by atoms with van der Waals surface area (Å²) in [5, 5.41) is 0. The summed E-state index contributed by atoms with van der Waals surface area (Å²) in [6.45, 7) is 4.32. The zero-order chi connectivity index (χ0) is 19.3. The van der Waals surface area contributed by atoms with Crippen LogP contribution in [0.3, 0.4) is 0 Å². The van der Waals surface area contributed by atoms with E-state index in [2.05, 4.69) is 21.8 Å². The number of anilines is 1. The average Bonchev–Trinajstić information content (AvgIpc) is 2.69. The Labute approximate surface area is 157 Å². The molecule has 1 aliphatic heterocycles. The van der Waals surface area contributed by atoms with Crippen LogP contribution in [0.25, 0.3) is 0 Å². The van der Waals surface area contributed by atoms with Crippen LogP contribution in [0.2, 0.25) is 0 Å². The van der Waals surface area contributed by atoms with Gasteiger partial charge in [-0.05, 0) is 48.9 Å². The minimum Gasteiger partial charge on any atom is -0.373 e. The van der Waals surface area contributed by atoms with E-state index < -0.39 is 11.9 Å². The van der Waals surface area contributed by atoms with Crippen LogP contribution in [-0.2, 0) is 10.9 Å². The summed E-state index contributed by atoms with van der Waals surface area (Å²) >= 11 is 0. The molecule has 1 atom stereocenters. The molecule has 0 bridgehead atoms. The molecule has 0 aliphatic carbocycles. The monoisotopic (exact) mass is 379 g/mol. The molecule has 0 aromatic carbocycles. The SMILES string of the molecule is CCCOC(c1cccnc1)C1CCN(c2ccc(C(F)(F)F)nc2)CC1. The van der Waals surface area contributed by atoms with Crippen LogP contribution in [-0.4, -0.2) is 29.7 Å². The lowest BCUT2D eigenvalue weighted by atomic mass is 9.87. The second kappa shape index (κ2) is 8.69. The molecule has 0 amide bonds. The molecule has 0 radical (unpaired) electrons. The first-order valence-corrected chi connectivity index (χ1v) is 9.28. The lowest BCUT2D eigenvalue weighted by Gasteiger charge is -2.37. The fraction of sp³-hybridized carbons (Fsp3) is 0.500. The Bertz CT molecular complexity index is 699. The highest BCUT2D eigenvalue weighted by Gasteiger charge is 2.33. The highest BCUT2D eigenvalue weighted by atomic mass is 19.4. The Morgan fingerprint density at radius 2 is 1.96 bits per heavy atom. The Balaban J connectivity index is 1.64. The number of alkyl halides is 3. The smallest absolute Gasteiger partial charge is 0.373 e. The van der Waals surface area contributed by atoms with Crippen molar-refractivity contribution >= 4 is 5.69 Å². The van der Waals surface area contributed by atoms with Crippen LogP contribution in [0.15, 0.2) is 42.9 Å². The van der Waals surface area contributed by atoms with E-state index >= 15 is 0 Å². The molecule has 7 heteroatoms. The van der Waals surface area contributed by atoms with Gasteiger partial charge in [-0.3, -0.25) is 4.98 Å². The quantitative estimate of drug-likeness (QED) is 0.717. The predicted molar refractivity (Wildman–Crippen MR) is 97.4 cm³/mol. The molecule has 1 saturated heterocycles. The largest absolute Gasteiger partial charge is 0.433 e. The molecule has 2 aromatic heterocycles. The molecule has 3 rings (SSSR count). The van der Waals surface area contributed by atoms with E-state index in [0.29, 0.717) is 12.5 Å². The van der Waals surface area contributed by atoms with Gasteiger partial charge in [-0.1, -0.05) is 13.0 Å². The van der Waals surface area contributed by atoms with Gasteiger partial charge in [-0.25, -0.2) is 4.98 Å². The summed E-state index contributed by atoms with van der Waals surface area (Å²) in [7, 11) is 0. The zero-order valence-corrected chi connectivity index (χ0v) is 15.3. The van der Waals surface area contributed by atoms with Crippen LogP contribution in [0, 0.1) is 5.92 Å². The highest BCUT2D eigenvalue weighted by molar-refractivity contribution is 5.45. The number of ether oxygens (including phenoxy) is 1. The maximum absolute atomic E-state index is 12.7. The van der Waals surface area contributed by atoms with Gasteiger partial charge < -0.3 is 9.64 Å². The molecule has 1 unspecified atom stereocenters. The van der Waals surface area contributed by atoms with E-state index in [-0.39, 0.29) is 6.10 Å². The van der Waals surface area contributed by atoms with E-state index in [9.17, 15) is 13.2 Å². The third-order valence-electron chi connectivity index (χ3n) is 4.89. The van der Waals surface area contributed by atoms with Crippen molar-refractivity contribution in [2.24, 2.45) is 5.92 Å². The second-order valence-corrected chi connectivity index (χ2v) is 6.80. The lowest BCUT2D eigenvalue weighted by Crippen LogP contribution is -2.36. The Morgan fingerprint density at radius 3 is 2.52 bits per heavy atom. The Morgan fingerprint density at radius 1 is 1.19 bits per heavy atom. The summed E-state index contributed by atoms with van der Waals surface area (Å²) in [5.74, 6) is 0.361. The van der Waals surface area contributed by atoms with Crippen LogP contribution >= 0.6 is 0 Å².